The lowest BCUT2D eigenvalue weighted by molar-refractivity contribution is -0.143. The number of nitrogens with two attached hydrogens (primary N) is 2. The van der Waals surface area contributed by atoms with Crippen molar-refractivity contribution >= 4 is 47.2 Å². The van der Waals surface area contributed by atoms with Gasteiger partial charge in [0.25, 0.3) is 0 Å². The number of carboxylic acid groups (broad SMARTS) is 1. The standard InChI is InChI=1S/C14H26N4O5S2/c1-24-5-3-8(15)12(20)17-9(4-6-25-2)13(21)18-10(14(22)23)7-11(16)19/h8-10H,3-7,15H2,1-2H3,(H2,16,19)(H,17,20)(H,18,21)(H,22,23). The Kier molecular flexibility index (Phi) is 12.1. The van der Waals surface area contributed by atoms with Gasteiger partial charge < -0.3 is 27.2 Å². The number of hydrogen-bond donors (Lipinski definition) is 5. The number of amides is 3. The predicted octanol–water partition coefficient (Wildman–Crippen LogP) is -1.25. The van der Waals surface area contributed by atoms with Gasteiger partial charge in [-0.25, -0.2) is 4.79 Å². The Balaban J connectivity index is 4.92. The lowest BCUT2D eigenvalue weighted by Crippen LogP contribution is -2.55. The quantitative estimate of drug-likeness (QED) is 0.258. The smallest absolute Gasteiger partial charge is 0.326 e. The number of carbonyl (C=O) groups is 4. The first kappa shape index (κ1) is 23.5. The average molecular weight is 395 g/mol. The summed E-state index contributed by atoms with van der Waals surface area (Å²) in [6.45, 7) is 0. The molecule has 0 saturated heterocycles. The van der Waals surface area contributed by atoms with E-state index in [9.17, 15) is 19.2 Å². The van der Waals surface area contributed by atoms with Crippen molar-refractivity contribution < 1.29 is 24.3 Å². The molecule has 3 unspecified atom stereocenters. The fourth-order valence-electron chi connectivity index (χ4n) is 1.83. The summed E-state index contributed by atoms with van der Waals surface area (Å²) in [6, 6.07) is -3.13. The van der Waals surface area contributed by atoms with Gasteiger partial charge in [-0.2, -0.15) is 23.5 Å². The molecule has 9 nitrogen and oxygen atoms in total. The number of carbonyl (C=O) groups excluding carboxylic acids is 3. The van der Waals surface area contributed by atoms with E-state index in [0.717, 1.165) is 0 Å². The van der Waals surface area contributed by atoms with Crippen LogP contribution in [0.1, 0.15) is 19.3 Å². The third-order valence-corrected chi connectivity index (χ3v) is 4.52. The zero-order valence-corrected chi connectivity index (χ0v) is 16.0. The Morgan fingerprint density at radius 1 is 0.960 bits per heavy atom. The normalized spacial score (nSPS) is 14.2. The van der Waals surface area contributed by atoms with Crippen LogP contribution in [0, 0.1) is 0 Å². The third-order valence-electron chi connectivity index (χ3n) is 3.23. The minimum absolute atomic E-state index is 0.302. The topological polar surface area (TPSA) is 165 Å². The molecule has 3 atom stereocenters. The number of thioether (sulfide) groups is 2. The summed E-state index contributed by atoms with van der Waals surface area (Å²) in [4.78, 5) is 46.5. The molecule has 0 heterocycles. The summed E-state index contributed by atoms with van der Waals surface area (Å²) in [7, 11) is 0. The third kappa shape index (κ3) is 10.2. The molecule has 0 aliphatic rings. The fraction of sp³-hybridized carbons (Fsp3) is 0.714. The van der Waals surface area contributed by atoms with E-state index in [4.69, 9.17) is 16.6 Å². The monoisotopic (exact) mass is 394 g/mol. The van der Waals surface area contributed by atoms with Gasteiger partial charge in [0.2, 0.25) is 17.7 Å². The second-order valence-corrected chi connectivity index (χ2v) is 7.27. The van der Waals surface area contributed by atoms with Crippen LogP contribution in [-0.4, -0.2) is 70.9 Å². The van der Waals surface area contributed by atoms with Crippen LogP contribution in [-0.2, 0) is 19.2 Å². The van der Waals surface area contributed by atoms with Crippen molar-refractivity contribution in [2.24, 2.45) is 11.5 Å². The van der Waals surface area contributed by atoms with Crippen LogP contribution in [0.5, 0.6) is 0 Å². The molecule has 11 heteroatoms. The van der Waals surface area contributed by atoms with Crippen molar-refractivity contribution in [3.63, 3.8) is 0 Å². The van der Waals surface area contributed by atoms with Crippen molar-refractivity contribution in [1.82, 2.24) is 10.6 Å². The van der Waals surface area contributed by atoms with Crippen molar-refractivity contribution in [3.8, 4) is 0 Å². The molecule has 0 aromatic heterocycles. The Labute approximate surface area is 155 Å². The van der Waals surface area contributed by atoms with Gasteiger partial charge in [0.1, 0.15) is 12.1 Å². The number of rotatable bonds is 13. The van der Waals surface area contributed by atoms with E-state index in [1.165, 1.54) is 11.8 Å². The minimum atomic E-state index is -1.44. The molecule has 0 rings (SSSR count). The maximum absolute atomic E-state index is 12.3. The molecule has 25 heavy (non-hydrogen) atoms. The molecule has 0 bridgehead atoms. The van der Waals surface area contributed by atoms with E-state index in [0.29, 0.717) is 24.3 Å². The first-order valence-electron chi connectivity index (χ1n) is 7.58. The first-order valence-corrected chi connectivity index (χ1v) is 10.4. The van der Waals surface area contributed by atoms with Gasteiger partial charge in [-0.3, -0.25) is 14.4 Å². The molecule has 0 spiro atoms. The van der Waals surface area contributed by atoms with Crippen molar-refractivity contribution in [1.29, 1.82) is 0 Å². The molecule has 144 valence electrons. The predicted molar refractivity (Wildman–Crippen MR) is 99.3 cm³/mol. The van der Waals surface area contributed by atoms with Gasteiger partial charge in [-0.15, -0.1) is 0 Å². The zero-order valence-electron chi connectivity index (χ0n) is 14.3. The molecule has 3 amide bonds. The molecule has 0 saturated carbocycles. The molecule has 0 aromatic carbocycles. The van der Waals surface area contributed by atoms with E-state index < -0.39 is 48.2 Å². The molecule has 0 fully saturated rings. The minimum Gasteiger partial charge on any atom is -0.480 e. The summed E-state index contributed by atoms with van der Waals surface area (Å²) >= 11 is 3.03. The van der Waals surface area contributed by atoms with Crippen LogP contribution in [0.2, 0.25) is 0 Å². The number of aliphatic carboxylic acids is 1. The average Bonchev–Trinajstić information content (AvgIpc) is 2.54. The van der Waals surface area contributed by atoms with E-state index in [1.54, 1.807) is 11.8 Å². The summed E-state index contributed by atoms with van der Waals surface area (Å²) in [6.07, 6.45) is 3.97. The van der Waals surface area contributed by atoms with Crippen molar-refractivity contribution in [2.75, 3.05) is 24.0 Å². The highest BCUT2D eigenvalue weighted by atomic mass is 32.2. The Morgan fingerprint density at radius 3 is 1.96 bits per heavy atom. The van der Waals surface area contributed by atoms with Gasteiger partial charge in [-0.1, -0.05) is 0 Å². The Morgan fingerprint density at radius 2 is 1.48 bits per heavy atom. The number of hydrogen-bond acceptors (Lipinski definition) is 7. The van der Waals surface area contributed by atoms with Crippen LogP contribution in [0.15, 0.2) is 0 Å². The zero-order chi connectivity index (χ0) is 19.4. The highest BCUT2D eigenvalue weighted by molar-refractivity contribution is 7.98. The summed E-state index contributed by atoms with van der Waals surface area (Å²) < 4.78 is 0. The summed E-state index contributed by atoms with van der Waals surface area (Å²) in [5.41, 5.74) is 10.8. The Bertz CT molecular complexity index is 478. The maximum atomic E-state index is 12.3. The van der Waals surface area contributed by atoms with Crippen LogP contribution in [0.3, 0.4) is 0 Å². The van der Waals surface area contributed by atoms with Gasteiger partial charge in [0.05, 0.1) is 12.5 Å². The summed E-state index contributed by atoms with van der Waals surface area (Å²) in [5, 5.41) is 13.8. The SMILES string of the molecule is CSCCC(N)C(=O)NC(CCSC)C(=O)NC(CC(N)=O)C(=O)O. The van der Waals surface area contributed by atoms with E-state index in [1.807, 2.05) is 12.5 Å². The van der Waals surface area contributed by atoms with Gasteiger partial charge in [0.15, 0.2) is 0 Å². The largest absolute Gasteiger partial charge is 0.480 e. The number of carboxylic acids is 1. The van der Waals surface area contributed by atoms with Crippen molar-refractivity contribution in [3.05, 3.63) is 0 Å². The lowest BCUT2D eigenvalue weighted by Gasteiger charge is -2.22. The van der Waals surface area contributed by atoms with E-state index in [-0.39, 0.29) is 0 Å². The molecule has 7 N–H and O–H groups in total. The fourth-order valence-corrected chi connectivity index (χ4v) is 2.79. The molecule has 0 aliphatic heterocycles. The number of primary amides is 1. The van der Waals surface area contributed by atoms with Crippen LogP contribution >= 0.6 is 23.5 Å². The first-order chi connectivity index (χ1) is 11.7. The van der Waals surface area contributed by atoms with Gasteiger partial charge in [0, 0.05) is 0 Å². The van der Waals surface area contributed by atoms with Crippen LogP contribution in [0.4, 0.5) is 0 Å². The number of nitrogens with one attached hydrogen (secondary N) is 2. The van der Waals surface area contributed by atoms with Gasteiger partial charge in [-0.05, 0) is 36.9 Å². The Hall–Kier alpha value is -1.46. The van der Waals surface area contributed by atoms with E-state index in [2.05, 4.69) is 10.6 Å². The molecular weight excluding hydrogens is 368 g/mol. The van der Waals surface area contributed by atoms with E-state index >= 15 is 0 Å². The van der Waals surface area contributed by atoms with Crippen LogP contribution < -0.4 is 22.1 Å². The van der Waals surface area contributed by atoms with Crippen LogP contribution in [0.25, 0.3) is 0 Å². The lowest BCUT2D eigenvalue weighted by atomic mass is 10.1. The second-order valence-electron chi connectivity index (χ2n) is 5.30. The molecular formula is C14H26N4O5S2. The molecule has 0 radical (unpaired) electrons. The highest BCUT2D eigenvalue weighted by Crippen LogP contribution is 2.05. The highest BCUT2D eigenvalue weighted by Gasteiger charge is 2.28. The summed E-state index contributed by atoms with van der Waals surface area (Å²) in [5.74, 6) is -2.11. The van der Waals surface area contributed by atoms with Crippen molar-refractivity contribution in [2.45, 2.75) is 37.4 Å². The van der Waals surface area contributed by atoms with Gasteiger partial charge >= 0.3 is 5.97 Å². The second kappa shape index (κ2) is 12.8. The molecule has 0 aromatic rings. The maximum Gasteiger partial charge on any atom is 0.326 e. The molecule has 0 aliphatic carbocycles.